The lowest BCUT2D eigenvalue weighted by atomic mass is 9.95. The van der Waals surface area contributed by atoms with Crippen LogP contribution in [0.25, 0.3) is 16.3 Å². The molecule has 0 aliphatic carbocycles. The third kappa shape index (κ3) is 3.49. The highest BCUT2D eigenvalue weighted by Crippen LogP contribution is 2.26. The Labute approximate surface area is 136 Å². The first kappa shape index (κ1) is 15.0. The fourth-order valence-corrected chi connectivity index (χ4v) is 2.61. The van der Waals surface area contributed by atoms with E-state index in [0.717, 1.165) is 22.1 Å². The number of rotatable bonds is 4. The summed E-state index contributed by atoms with van der Waals surface area (Å²) in [5.41, 5.74) is 2.87. The number of hydrogen-bond acceptors (Lipinski definition) is 2. The van der Waals surface area contributed by atoms with Gasteiger partial charge >= 0.3 is 5.97 Å². The van der Waals surface area contributed by atoms with Gasteiger partial charge < -0.3 is 4.74 Å². The zero-order valence-corrected chi connectivity index (χ0v) is 13.0. The van der Waals surface area contributed by atoms with Crippen LogP contribution in [0.3, 0.4) is 0 Å². The third-order valence-electron chi connectivity index (χ3n) is 3.69. The van der Waals surface area contributed by atoms with E-state index in [2.05, 4.69) is 24.3 Å². The molecule has 114 valence electrons. The number of esters is 1. The Morgan fingerprint density at radius 3 is 2.30 bits per heavy atom. The van der Waals surface area contributed by atoms with Gasteiger partial charge in [0.05, 0.1) is 6.61 Å². The maximum atomic E-state index is 12.0. The molecule has 0 aromatic heterocycles. The topological polar surface area (TPSA) is 26.3 Å². The quantitative estimate of drug-likeness (QED) is 0.509. The largest absolute Gasteiger partial charge is 0.463 e. The van der Waals surface area contributed by atoms with Gasteiger partial charge in [-0.1, -0.05) is 66.7 Å². The lowest BCUT2D eigenvalue weighted by molar-refractivity contribution is -0.137. The van der Waals surface area contributed by atoms with E-state index in [4.69, 9.17) is 4.74 Å². The maximum Gasteiger partial charge on any atom is 0.331 e. The molecule has 23 heavy (non-hydrogen) atoms. The molecule has 0 heterocycles. The Hall–Kier alpha value is -2.87. The molecule has 3 aromatic rings. The lowest BCUT2D eigenvalue weighted by Gasteiger charge is -2.10. The second-order valence-electron chi connectivity index (χ2n) is 5.24. The first-order valence-electron chi connectivity index (χ1n) is 7.71. The monoisotopic (exact) mass is 302 g/mol. The van der Waals surface area contributed by atoms with Crippen LogP contribution >= 0.6 is 0 Å². The average molecular weight is 302 g/mol. The number of benzene rings is 3. The first-order chi connectivity index (χ1) is 11.3. The molecule has 3 rings (SSSR count). The number of ether oxygens (including phenoxy) is 1. The van der Waals surface area contributed by atoms with E-state index in [1.54, 1.807) is 6.08 Å². The molecular weight excluding hydrogens is 284 g/mol. The van der Waals surface area contributed by atoms with Gasteiger partial charge in [0.15, 0.2) is 0 Å². The Morgan fingerprint density at radius 1 is 0.870 bits per heavy atom. The van der Waals surface area contributed by atoms with Crippen LogP contribution in [-0.2, 0) is 9.53 Å². The van der Waals surface area contributed by atoms with E-state index in [-0.39, 0.29) is 5.97 Å². The van der Waals surface area contributed by atoms with Gasteiger partial charge in [-0.3, -0.25) is 0 Å². The van der Waals surface area contributed by atoms with Crippen LogP contribution in [-0.4, -0.2) is 12.6 Å². The summed E-state index contributed by atoms with van der Waals surface area (Å²) in [6.45, 7) is 2.18. The highest BCUT2D eigenvalue weighted by molar-refractivity contribution is 5.98. The van der Waals surface area contributed by atoms with Crippen LogP contribution in [0.2, 0.25) is 0 Å². The number of carbonyl (C=O) groups is 1. The summed E-state index contributed by atoms with van der Waals surface area (Å²) in [6.07, 6.45) is 1.57. The van der Waals surface area contributed by atoms with Crippen molar-refractivity contribution in [3.8, 4) is 0 Å². The van der Waals surface area contributed by atoms with Crippen molar-refractivity contribution in [2.45, 2.75) is 6.92 Å². The van der Waals surface area contributed by atoms with Crippen molar-refractivity contribution in [2.24, 2.45) is 0 Å². The average Bonchev–Trinajstić information content (AvgIpc) is 2.60. The van der Waals surface area contributed by atoms with E-state index in [0.29, 0.717) is 6.61 Å². The van der Waals surface area contributed by atoms with Crippen molar-refractivity contribution in [1.82, 2.24) is 0 Å². The standard InChI is InChI=1S/C21H18O2/c1-2-23-21(22)15-20(17-9-4-3-5-10-17)19-13-12-16-8-6-7-11-18(16)14-19/h3-15H,2H2,1H3/b20-15-. The van der Waals surface area contributed by atoms with Crippen LogP contribution < -0.4 is 0 Å². The number of carbonyl (C=O) groups excluding carboxylic acids is 1. The second-order valence-corrected chi connectivity index (χ2v) is 5.24. The highest BCUT2D eigenvalue weighted by Gasteiger charge is 2.09. The minimum Gasteiger partial charge on any atom is -0.463 e. The molecule has 0 fully saturated rings. The van der Waals surface area contributed by atoms with Gasteiger partial charge in [-0.15, -0.1) is 0 Å². The molecule has 2 nitrogen and oxygen atoms in total. The fraction of sp³-hybridized carbons (Fsp3) is 0.0952. The molecule has 3 aromatic carbocycles. The summed E-state index contributed by atoms with van der Waals surface area (Å²) in [5, 5.41) is 2.33. The van der Waals surface area contributed by atoms with E-state index in [1.807, 2.05) is 55.5 Å². The maximum absolute atomic E-state index is 12.0. The number of fused-ring (bicyclic) bond motifs is 1. The summed E-state index contributed by atoms with van der Waals surface area (Å²) in [6, 6.07) is 24.3. The van der Waals surface area contributed by atoms with Crippen LogP contribution in [0.4, 0.5) is 0 Å². The van der Waals surface area contributed by atoms with Gasteiger partial charge in [0.25, 0.3) is 0 Å². The molecule has 0 atom stereocenters. The lowest BCUT2D eigenvalue weighted by Crippen LogP contribution is -2.01. The minimum atomic E-state index is -0.320. The molecule has 0 radical (unpaired) electrons. The van der Waals surface area contributed by atoms with Crippen molar-refractivity contribution < 1.29 is 9.53 Å². The minimum absolute atomic E-state index is 0.320. The molecule has 0 aliphatic heterocycles. The summed E-state index contributed by atoms with van der Waals surface area (Å²) in [5.74, 6) is -0.320. The first-order valence-corrected chi connectivity index (χ1v) is 7.71. The van der Waals surface area contributed by atoms with Gasteiger partial charge in [-0.2, -0.15) is 0 Å². The third-order valence-corrected chi connectivity index (χ3v) is 3.69. The smallest absolute Gasteiger partial charge is 0.331 e. The highest BCUT2D eigenvalue weighted by atomic mass is 16.5. The predicted molar refractivity (Wildman–Crippen MR) is 94.1 cm³/mol. The molecular formula is C21H18O2. The van der Waals surface area contributed by atoms with Crippen LogP contribution in [0.1, 0.15) is 18.1 Å². The van der Waals surface area contributed by atoms with E-state index >= 15 is 0 Å². The van der Waals surface area contributed by atoms with Crippen LogP contribution in [0.15, 0.2) is 78.9 Å². The summed E-state index contributed by atoms with van der Waals surface area (Å²) >= 11 is 0. The van der Waals surface area contributed by atoms with Gasteiger partial charge in [0.2, 0.25) is 0 Å². The molecule has 0 saturated heterocycles. The zero-order valence-electron chi connectivity index (χ0n) is 13.0. The zero-order chi connectivity index (χ0) is 16.1. The van der Waals surface area contributed by atoms with Gasteiger partial charge in [0.1, 0.15) is 0 Å². The molecule has 0 amide bonds. The van der Waals surface area contributed by atoms with Crippen molar-refractivity contribution in [3.63, 3.8) is 0 Å². The summed E-state index contributed by atoms with van der Waals surface area (Å²) < 4.78 is 5.09. The molecule has 2 heteroatoms. The number of hydrogen-bond donors (Lipinski definition) is 0. The van der Waals surface area contributed by atoms with E-state index in [1.165, 1.54) is 5.39 Å². The molecule has 0 spiro atoms. The Bertz CT molecular complexity index is 848. The molecule has 0 bridgehead atoms. The van der Waals surface area contributed by atoms with Crippen molar-refractivity contribution in [1.29, 1.82) is 0 Å². The summed E-state index contributed by atoms with van der Waals surface area (Å²) in [7, 11) is 0. The van der Waals surface area contributed by atoms with Gasteiger partial charge in [-0.05, 0) is 40.5 Å². The Balaban J connectivity index is 2.11. The van der Waals surface area contributed by atoms with Crippen LogP contribution in [0.5, 0.6) is 0 Å². The van der Waals surface area contributed by atoms with Crippen LogP contribution in [0, 0.1) is 0 Å². The van der Waals surface area contributed by atoms with Crippen molar-refractivity contribution in [2.75, 3.05) is 6.61 Å². The molecule has 0 N–H and O–H groups in total. The van der Waals surface area contributed by atoms with Gasteiger partial charge in [-0.25, -0.2) is 4.79 Å². The van der Waals surface area contributed by atoms with Crippen molar-refractivity contribution >= 4 is 22.3 Å². The normalized spacial score (nSPS) is 11.4. The van der Waals surface area contributed by atoms with Gasteiger partial charge in [0, 0.05) is 6.08 Å². The molecule has 0 aliphatic rings. The van der Waals surface area contributed by atoms with Crippen molar-refractivity contribution in [3.05, 3.63) is 90.0 Å². The Kier molecular flexibility index (Phi) is 4.53. The van der Waals surface area contributed by atoms with E-state index < -0.39 is 0 Å². The van der Waals surface area contributed by atoms with E-state index in [9.17, 15) is 4.79 Å². The summed E-state index contributed by atoms with van der Waals surface area (Å²) in [4.78, 5) is 12.0. The molecule has 0 unspecified atom stereocenters. The predicted octanol–water partition coefficient (Wildman–Crippen LogP) is 4.83. The molecule has 0 saturated carbocycles. The SMILES string of the molecule is CCOC(=O)/C=C(/c1ccccc1)c1ccc2ccccc2c1. The fourth-order valence-electron chi connectivity index (χ4n) is 2.61. The second kappa shape index (κ2) is 6.93. The Morgan fingerprint density at radius 2 is 1.57 bits per heavy atom.